The molecular formula is C15H30F3N5O2S. The van der Waals surface area contributed by atoms with Crippen molar-refractivity contribution in [1.82, 2.24) is 19.8 Å². The van der Waals surface area contributed by atoms with E-state index < -0.39 is 22.2 Å². The van der Waals surface area contributed by atoms with Crippen LogP contribution in [0.4, 0.5) is 13.2 Å². The lowest BCUT2D eigenvalue weighted by Gasteiger charge is -2.39. The predicted octanol–water partition coefficient (Wildman–Crippen LogP) is 0.850. The van der Waals surface area contributed by atoms with E-state index in [1.165, 1.54) is 11.8 Å². The van der Waals surface area contributed by atoms with Gasteiger partial charge < -0.3 is 10.2 Å². The maximum atomic E-state index is 12.8. The molecule has 0 aromatic carbocycles. The molecule has 11 heteroatoms. The lowest BCUT2D eigenvalue weighted by atomic mass is 10.2. The fraction of sp³-hybridized carbons (Fsp3) is 0.933. The smallest absolute Gasteiger partial charge is 0.357 e. The maximum absolute atomic E-state index is 12.8. The summed E-state index contributed by atoms with van der Waals surface area (Å²) in [7, 11) is -3.20. The van der Waals surface area contributed by atoms with Gasteiger partial charge in [-0.15, -0.1) is 0 Å². The summed E-state index contributed by atoms with van der Waals surface area (Å²) < 4.78 is 63.6. The summed E-state index contributed by atoms with van der Waals surface area (Å²) in [6.07, 6.45) is -3.66. The van der Waals surface area contributed by atoms with Gasteiger partial charge in [0.15, 0.2) is 5.96 Å². The lowest BCUT2D eigenvalue weighted by molar-refractivity contribution is -0.181. The minimum Gasteiger partial charge on any atom is -0.357 e. The van der Waals surface area contributed by atoms with E-state index in [1.807, 2.05) is 11.8 Å². The second-order valence-electron chi connectivity index (χ2n) is 6.13. The molecule has 1 aliphatic rings. The Hall–Kier alpha value is -1.07. The second kappa shape index (κ2) is 10.3. The summed E-state index contributed by atoms with van der Waals surface area (Å²) >= 11 is 0. The molecular weight excluding hydrogens is 371 g/mol. The first kappa shape index (κ1) is 23.0. The normalized spacial score (nSPS) is 18.8. The van der Waals surface area contributed by atoms with Gasteiger partial charge in [0.25, 0.3) is 0 Å². The van der Waals surface area contributed by atoms with Crippen LogP contribution >= 0.6 is 0 Å². The standard InChI is InChI=1S/C15H30F3N5O2S/c1-4-19-14(20-7-6-8-21-26(24,25)5-2)23-11-9-22(10-12-23)13(3)15(16,17)18/h13,21H,4-12H2,1-3H3,(H,19,20). The molecule has 0 bridgehead atoms. The van der Waals surface area contributed by atoms with E-state index in [0.717, 1.165) is 0 Å². The monoisotopic (exact) mass is 401 g/mol. The minimum atomic E-state index is -4.22. The Morgan fingerprint density at radius 3 is 2.31 bits per heavy atom. The van der Waals surface area contributed by atoms with Crippen LogP contribution < -0.4 is 10.0 Å². The summed E-state index contributed by atoms with van der Waals surface area (Å²) in [5, 5.41) is 3.14. The summed E-state index contributed by atoms with van der Waals surface area (Å²) in [5.74, 6) is 0.699. The van der Waals surface area contributed by atoms with Gasteiger partial charge in [-0.25, -0.2) is 13.1 Å². The van der Waals surface area contributed by atoms with Gasteiger partial charge in [0.2, 0.25) is 10.0 Å². The number of piperazine rings is 1. The molecule has 0 radical (unpaired) electrons. The van der Waals surface area contributed by atoms with Gasteiger partial charge in [-0.05, 0) is 27.2 Å². The number of sulfonamides is 1. The minimum absolute atomic E-state index is 0.0412. The van der Waals surface area contributed by atoms with Crippen LogP contribution in [0, 0.1) is 0 Å². The number of hydrogen-bond acceptors (Lipinski definition) is 4. The molecule has 154 valence electrons. The fourth-order valence-electron chi connectivity index (χ4n) is 2.55. The molecule has 1 saturated heterocycles. The molecule has 1 aliphatic heterocycles. The average Bonchev–Trinajstić information content (AvgIpc) is 2.59. The van der Waals surface area contributed by atoms with E-state index >= 15 is 0 Å². The van der Waals surface area contributed by atoms with E-state index in [4.69, 9.17) is 0 Å². The first-order valence-corrected chi connectivity index (χ1v) is 10.6. The highest BCUT2D eigenvalue weighted by atomic mass is 32.2. The van der Waals surface area contributed by atoms with Gasteiger partial charge in [-0.3, -0.25) is 9.89 Å². The first-order chi connectivity index (χ1) is 12.1. The number of halogens is 3. The zero-order valence-corrected chi connectivity index (χ0v) is 16.5. The molecule has 0 spiro atoms. The van der Waals surface area contributed by atoms with Crippen molar-refractivity contribution in [2.45, 2.75) is 39.4 Å². The van der Waals surface area contributed by atoms with Crippen LogP contribution in [0.1, 0.15) is 27.2 Å². The average molecular weight is 401 g/mol. The summed E-state index contributed by atoms with van der Waals surface area (Å²) in [6.45, 7) is 7.67. The zero-order valence-electron chi connectivity index (χ0n) is 15.6. The van der Waals surface area contributed by atoms with E-state index in [1.54, 1.807) is 6.92 Å². The number of hydrogen-bond donors (Lipinski definition) is 2. The largest absolute Gasteiger partial charge is 0.403 e. The van der Waals surface area contributed by atoms with Crippen molar-refractivity contribution in [1.29, 1.82) is 0 Å². The highest BCUT2D eigenvalue weighted by Gasteiger charge is 2.41. The van der Waals surface area contributed by atoms with Crippen LogP contribution in [0.25, 0.3) is 0 Å². The fourth-order valence-corrected chi connectivity index (χ4v) is 3.21. The number of guanidine groups is 1. The van der Waals surface area contributed by atoms with Crippen LogP contribution in [-0.2, 0) is 10.0 Å². The molecule has 0 saturated carbocycles. The van der Waals surface area contributed by atoms with Crippen LogP contribution in [-0.4, -0.2) is 88.0 Å². The van der Waals surface area contributed by atoms with Crippen molar-refractivity contribution in [2.75, 3.05) is 51.6 Å². The molecule has 2 N–H and O–H groups in total. The van der Waals surface area contributed by atoms with E-state index in [2.05, 4.69) is 15.0 Å². The van der Waals surface area contributed by atoms with Crippen LogP contribution in [0.15, 0.2) is 4.99 Å². The molecule has 1 unspecified atom stereocenters. The van der Waals surface area contributed by atoms with Crippen molar-refractivity contribution in [3.8, 4) is 0 Å². The topological polar surface area (TPSA) is 77.0 Å². The van der Waals surface area contributed by atoms with Crippen molar-refractivity contribution in [3.05, 3.63) is 0 Å². The van der Waals surface area contributed by atoms with Gasteiger partial charge in [-0.1, -0.05) is 0 Å². The number of nitrogens with zero attached hydrogens (tertiary/aromatic N) is 3. The molecule has 1 heterocycles. The van der Waals surface area contributed by atoms with Gasteiger partial charge in [0.1, 0.15) is 6.04 Å². The number of aliphatic imine (C=N–C) groups is 1. The van der Waals surface area contributed by atoms with Gasteiger partial charge in [-0.2, -0.15) is 13.2 Å². The highest BCUT2D eigenvalue weighted by Crippen LogP contribution is 2.25. The Morgan fingerprint density at radius 1 is 1.19 bits per heavy atom. The molecule has 1 rings (SSSR count). The highest BCUT2D eigenvalue weighted by molar-refractivity contribution is 7.89. The van der Waals surface area contributed by atoms with E-state index in [-0.39, 0.29) is 5.75 Å². The van der Waals surface area contributed by atoms with Crippen LogP contribution in [0.3, 0.4) is 0 Å². The van der Waals surface area contributed by atoms with Crippen molar-refractivity contribution in [3.63, 3.8) is 0 Å². The van der Waals surface area contributed by atoms with Gasteiger partial charge in [0, 0.05) is 45.8 Å². The quantitative estimate of drug-likeness (QED) is 0.358. The Morgan fingerprint density at radius 2 is 1.81 bits per heavy atom. The predicted molar refractivity (Wildman–Crippen MR) is 96.7 cm³/mol. The van der Waals surface area contributed by atoms with Gasteiger partial charge in [0.05, 0.1) is 5.75 Å². The van der Waals surface area contributed by atoms with E-state index in [9.17, 15) is 21.6 Å². The van der Waals surface area contributed by atoms with Crippen molar-refractivity contribution < 1.29 is 21.6 Å². The van der Waals surface area contributed by atoms with Crippen LogP contribution in [0.2, 0.25) is 0 Å². The Bertz CT molecular complexity index is 546. The van der Waals surface area contributed by atoms with Crippen molar-refractivity contribution in [2.24, 2.45) is 4.99 Å². The molecule has 0 aliphatic carbocycles. The van der Waals surface area contributed by atoms with Gasteiger partial charge >= 0.3 is 6.18 Å². The lowest BCUT2D eigenvalue weighted by Crippen LogP contribution is -2.56. The first-order valence-electron chi connectivity index (χ1n) is 8.92. The third-order valence-electron chi connectivity index (χ3n) is 4.27. The molecule has 1 atom stereocenters. The number of alkyl halides is 3. The molecule has 0 aromatic heterocycles. The summed E-state index contributed by atoms with van der Waals surface area (Å²) in [4.78, 5) is 7.83. The SMILES string of the molecule is CCNC(=NCCCNS(=O)(=O)CC)N1CCN(C(C)C(F)(F)F)CC1. The number of rotatable bonds is 8. The maximum Gasteiger partial charge on any atom is 0.403 e. The molecule has 0 aromatic rings. The summed E-state index contributed by atoms with van der Waals surface area (Å²) in [6, 6.07) is -1.45. The molecule has 26 heavy (non-hydrogen) atoms. The summed E-state index contributed by atoms with van der Waals surface area (Å²) in [5.41, 5.74) is 0. The van der Waals surface area contributed by atoms with Crippen molar-refractivity contribution >= 4 is 16.0 Å². The zero-order chi connectivity index (χ0) is 19.8. The number of nitrogens with one attached hydrogen (secondary N) is 2. The molecule has 1 fully saturated rings. The molecule has 7 nitrogen and oxygen atoms in total. The Balaban J connectivity index is 2.50. The van der Waals surface area contributed by atoms with E-state index in [0.29, 0.717) is 58.2 Å². The molecule has 0 amide bonds. The Kier molecular flexibility index (Phi) is 9.11. The second-order valence-corrected chi connectivity index (χ2v) is 8.22. The third-order valence-corrected chi connectivity index (χ3v) is 5.67. The van der Waals surface area contributed by atoms with Crippen LogP contribution in [0.5, 0.6) is 0 Å². The third kappa shape index (κ3) is 7.67. The Labute approximate surface area is 154 Å².